The van der Waals surface area contributed by atoms with Gasteiger partial charge in [-0.1, -0.05) is 18.2 Å². The lowest BCUT2D eigenvalue weighted by atomic mass is 10.0. The highest BCUT2D eigenvalue weighted by atomic mass is 32.1. The predicted molar refractivity (Wildman–Crippen MR) is 202 cm³/mol. The Balaban J connectivity index is 1.40. The van der Waals surface area contributed by atoms with Gasteiger partial charge in [-0.25, -0.2) is 0 Å². The third-order valence-electron chi connectivity index (χ3n) is 9.73. The topological polar surface area (TPSA) is 42.9 Å². The highest BCUT2D eigenvalue weighted by Gasteiger charge is 2.19. The van der Waals surface area contributed by atoms with Gasteiger partial charge in [0.1, 0.15) is 5.75 Å². The number of hydrogen-bond acceptors (Lipinski definition) is 9. The molecular weight excluding hydrogens is 603 g/mol. The van der Waals surface area contributed by atoms with E-state index >= 15 is 0 Å². The molecule has 2 saturated heterocycles. The molecule has 0 radical (unpaired) electrons. The zero-order valence-electron chi connectivity index (χ0n) is 29.7. The van der Waals surface area contributed by atoms with Crippen LogP contribution in [0.2, 0.25) is 0 Å². The Bertz CT molecular complexity index is 1360. The van der Waals surface area contributed by atoms with E-state index in [-0.39, 0.29) is 0 Å². The second-order valence-corrected chi connectivity index (χ2v) is 15.0. The van der Waals surface area contributed by atoms with Crippen molar-refractivity contribution in [2.45, 2.75) is 13.1 Å². The van der Waals surface area contributed by atoms with Crippen molar-refractivity contribution in [1.29, 1.82) is 0 Å². The van der Waals surface area contributed by atoms with Gasteiger partial charge in [0.15, 0.2) is 0 Å². The Labute approximate surface area is 288 Å². The summed E-state index contributed by atoms with van der Waals surface area (Å²) in [6.45, 7) is 14.0. The summed E-state index contributed by atoms with van der Waals surface area (Å²) in [4.78, 5) is 19.3. The van der Waals surface area contributed by atoms with E-state index in [1.165, 1.54) is 21.0 Å². The van der Waals surface area contributed by atoms with Crippen molar-refractivity contribution < 1.29 is 5.11 Å². The summed E-state index contributed by atoms with van der Waals surface area (Å²) >= 11 is 1.82. The van der Waals surface area contributed by atoms with E-state index in [0.717, 1.165) is 108 Å². The number of likely N-dealkylation sites (N-methyl/N-ethyl adjacent to an activating group) is 4. The van der Waals surface area contributed by atoms with Crippen molar-refractivity contribution in [3.8, 4) is 16.2 Å². The molecule has 8 nitrogen and oxygen atoms in total. The van der Waals surface area contributed by atoms with Crippen molar-refractivity contribution in [3.63, 3.8) is 0 Å². The van der Waals surface area contributed by atoms with E-state index in [1.807, 2.05) is 11.3 Å². The largest absolute Gasteiger partial charge is 0.507 e. The van der Waals surface area contributed by atoms with Crippen LogP contribution in [0.4, 0.5) is 5.69 Å². The maximum atomic E-state index is 11.8. The van der Waals surface area contributed by atoms with Gasteiger partial charge in [-0.2, -0.15) is 0 Å². The molecular formula is C38H57N7OS. The molecule has 2 aromatic carbocycles. The zero-order chi connectivity index (χ0) is 33.3. The molecule has 3 heterocycles. The fourth-order valence-electron chi connectivity index (χ4n) is 6.22. The van der Waals surface area contributed by atoms with Gasteiger partial charge in [0.05, 0.1) is 0 Å². The van der Waals surface area contributed by atoms with Crippen LogP contribution >= 0.6 is 11.3 Å². The van der Waals surface area contributed by atoms with E-state index in [0.29, 0.717) is 5.75 Å². The van der Waals surface area contributed by atoms with E-state index in [4.69, 9.17) is 0 Å². The fourth-order valence-corrected chi connectivity index (χ4v) is 7.14. The summed E-state index contributed by atoms with van der Waals surface area (Å²) in [7, 11) is 13.0. The Morgan fingerprint density at radius 1 is 0.617 bits per heavy atom. The number of phenolic OH excluding ortho intramolecular Hbond substituents is 1. The molecule has 2 fully saturated rings. The van der Waals surface area contributed by atoms with Crippen molar-refractivity contribution in [1.82, 2.24) is 29.4 Å². The Kier molecular flexibility index (Phi) is 12.9. The number of hydrogen-bond donors (Lipinski definition) is 1. The summed E-state index contributed by atoms with van der Waals surface area (Å²) in [5.74, 6) is 0.463. The van der Waals surface area contributed by atoms with Crippen molar-refractivity contribution in [2.24, 2.45) is 0 Å². The Morgan fingerprint density at radius 3 is 1.51 bits per heavy atom. The molecule has 9 heteroatoms. The van der Waals surface area contributed by atoms with Crippen LogP contribution in [0.15, 0.2) is 48.5 Å². The lowest BCUT2D eigenvalue weighted by Crippen LogP contribution is -2.35. The van der Waals surface area contributed by atoms with E-state index in [9.17, 15) is 5.11 Å². The zero-order valence-corrected chi connectivity index (χ0v) is 30.5. The lowest BCUT2D eigenvalue weighted by Gasteiger charge is -2.27. The molecule has 0 bridgehead atoms. The van der Waals surface area contributed by atoms with Crippen LogP contribution in [-0.4, -0.2) is 155 Å². The summed E-state index contributed by atoms with van der Waals surface area (Å²) in [5, 5.41) is 11.8. The molecule has 2 aliphatic rings. The van der Waals surface area contributed by atoms with Crippen LogP contribution in [0.25, 0.3) is 22.6 Å². The molecule has 0 unspecified atom stereocenters. The minimum Gasteiger partial charge on any atom is -0.507 e. The summed E-state index contributed by atoms with van der Waals surface area (Å²) in [6, 6.07) is 17.6. The van der Waals surface area contributed by atoms with Gasteiger partial charge in [-0.3, -0.25) is 9.80 Å². The first-order valence-corrected chi connectivity index (χ1v) is 18.0. The molecule has 0 atom stereocenters. The molecule has 1 aromatic heterocycles. The van der Waals surface area contributed by atoms with Crippen LogP contribution in [0.1, 0.15) is 21.6 Å². The second-order valence-electron chi connectivity index (χ2n) is 13.9. The van der Waals surface area contributed by atoms with Gasteiger partial charge in [-0.05, 0) is 81.8 Å². The van der Waals surface area contributed by atoms with Crippen molar-refractivity contribution in [2.75, 3.05) is 126 Å². The second kappa shape index (κ2) is 17.1. The van der Waals surface area contributed by atoms with Gasteiger partial charge < -0.3 is 29.6 Å². The molecule has 0 spiro atoms. The molecule has 0 amide bonds. The number of benzene rings is 2. The quantitative estimate of drug-likeness (QED) is 0.373. The smallest absolute Gasteiger partial charge is 0.124 e. The van der Waals surface area contributed by atoms with E-state index in [2.05, 4.69) is 137 Å². The fraction of sp³-hybridized carbons (Fsp3) is 0.526. The molecule has 256 valence electrons. The van der Waals surface area contributed by atoms with Crippen LogP contribution < -0.4 is 4.90 Å². The Hall–Kier alpha value is -2.76. The monoisotopic (exact) mass is 659 g/mol. The number of rotatable bonds is 8. The van der Waals surface area contributed by atoms with Crippen LogP contribution in [0.5, 0.6) is 5.75 Å². The minimum atomic E-state index is 0.463. The average molecular weight is 660 g/mol. The number of nitrogens with zero attached hydrogens (tertiary/aromatic N) is 7. The molecule has 3 aromatic rings. The van der Waals surface area contributed by atoms with Gasteiger partial charge >= 0.3 is 0 Å². The van der Waals surface area contributed by atoms with Crippen LogP contribution in [0.3, 0.4) is 0 Å². The Morgan fingerprint density at radius 2 is 1.06 bits per heavy atom. The average Bonchev–Trinajstić information content (AvgIpc) is 3.58. The van der Waals surface area contributed by atoms with Crippen molar-refractivity contribution in [3.05, 3.63) is 70.1 Å². The van der Waals surface area contributed by atoms with Gasteiger partial charge in [0.2, 0.25) is 0 Å². The first-order valence-electron chi connectivity index (χ1n) is 17.2. The summed E-state index contributed by atoms with van der Waals surface area (Å²) < 4.78 is 0. The van der Waals surface area contributed by atoms with Crippen molar-refractivity contribution >= 4 is 29.2 Å². The minimum absolute atomic E-state index is 0.463. The third kappa shape index (κ3) is 10.6. The number of thiophene rings is 1. The SMILES string of the molecule is CN1CCN(C)CCN(Cc2cc(/C=C/c3ccc(-c4ccc(N(C)C)cc4)s3)cc(CN3CCN(C)CCN(C)CC3)c2O)CC1. The van der Waals surface area contributed by atoms with Gasteiger partial charge in [-0.15, -0.1) is 11.3 Å². The first-order chi connectivity index (χ1) is 22.6. The summed E-state index contributed by atoms with van der Waals surface area (Å²) in [5.41, 5.74) is 5.65. The molecule has 0 saturated carbocycles. The van der Waals surface area contributed by atoms with E-state index in [1.54, 1.807) is 0 Å². The van der Waals surface area contributed by atoms with Gasteiger partial charge in [0.25, 0.3) is 0 Å². The van der Waals surface area contributed by atoms with Crippen LogP contribution in [-0.2, 0) is 13.1 Å². The lowest BCUT2D eigenvalue weighted by molar-refractivity contribution is 0.220. The van der Waals surface area contributed by atoms with Crippen LogP contribution in [0, 0.1) is 0 Å². The highest BCUT2D eigenvalue weighted by Crippen LogP contribution is 2.32. The number of phenols is 1. The molecule has 1 N–H and O–H groups in total. The maximum Gasteiger partial charge on any atom is 0.124 e. The van der Waals surface area contributed by atoms with E-state index < -0.39 is 0 Å². The van der Waals surface area contributed by atoms with Gasteiger partial charge in [0, 0.05) is 132 Å². The third-order valence-corrected chi connectivity index (χ3v) is 10.8. The molecule has 2 aliphatic heterocycles. The molecule has 0 aliphatic carbocycles. The highest BCUT2D eigenvalue weighted by molar-refractivity contribution is 7.16. The molecule has 47 heavy (non-hydrogen) atoms. The number of aromatic hydroxyl groups is 1. The molecule has 5 rings (SSSR count). The number of anilines is 1. The standard InChI is InChI=1S/C38H57N7OS/c1-39(2)35-10-8-32(9-11-35)37-14-13-36(47-37)12-7-31-27-33(29-44-23-19-40(3)15-16-41(4)20-24-44)38(46)34(28-31)30-45-25-21-42(5)17-18-43(6)22-26-45/h7-14,27-28,46H,15-26,29-30H2,1-6H3/b12-7+. The maximum absolute atomic E-state index is 11.8. The summed E-state index contributed by atoms with van der Waals surface area (Å²) in [6.07, 6.45) is 4.47. The first kappa shape index (κ1) is 35.5. The normalized spacial score (nSPS) is 19.6. The predicted octanol–water partition coefficient (Wildman–Crippen LogP) is 4.72.